The molecular formula is C11H6Br2F2O2. The van der Waals surface area contributed by atoms with Crippen LogP contribution in [-0.2, 0) is 0 Å². The highest BCUT2D eigenvalue weighted by Crippen LogP contribution is 2.32. The zero-order valence-electron chi connectivity index (χ0n) is 8.25. The molecule has 0 radical (unpaired) electrons. The molecule has 6 heteroatoms. The van der Waals surface area contributed by atoms with Crippen LogP contribution in [0.5, 0.6) is 0 Å². The predicted octanol–water partition coefficient (Wildman–Crippen LogP) is 4.16. The van der Waals surface area contributed by atoms with Gasteiger partial charge < -0.3 is 9.52 Å². The summed E-state index contributed by atoms with van der Waals surface area (Å²) in [5.74, 6) is -1.33. The Morgan fingerprint density at radius 1 is 1.12 bits per heavy atom. The van der Waals surface area contributed by atoms with Crippen molar-refractivity contribution in [3.8, 4) is 0 Å². The molecule has 2 nitrogen and oxygen atoms in total. The third-order valence-electron chi connectivity index (χ3n) is 2.27. The molecule has 0 saturated heterocycles. The molecule has 2 rings (SSSR count). The van der Waals surface area contributed by atoms with Gasteiger partial charge in [0.2, 0.25) is 0 Å². The maximum atomic E-state index is 13.6. The van der Waals surface area contributed by atoms with Crippen molar-refractivity contribution in [2.45, 2.75) is 6.10 Å². The summed E-state index contributed by atoms with van der Waals surface area (Å²) in [6, 6.07) is 3.40. The Labute approximate surface area is 113 Å². The van der Waals surface area contributed by atoms with Crippen molar-refractivity contribution >= 4 is 31.9 Å². The second-order valence-corrected chi connectivity index (χ2v) is 4.91. The van der Waals surface area contributed by atoms with Gasteiger partial charge in [-0.2, -0.15) is 0 Å². The number of rotatable bonds is 2. The Morgan fingerprint density at radius 2 is 1.82 bits per heavy atom. The molecule has 1 unspecified atom stereocenters. The van der Waals surface area contributed by atoms with Crippen LogP contribution in [0.15, 0.2) is 38.0 Å². The first kappa shape index (κ1) is 12.7. The number of benzene rings is 1. The lowest BCUT2D eigenvalue weighted by Gasteiger charge is -2.11. The van der Waals surface area contributed by atoms with Crippen molar-refractivity contribution in [3.05, 3.63) is 56.4 Å². The van der Waals surface area contributed by atoms with Gasteiger partial charge in [0.25, 0.3) is 0 Å². The minimum Gasteiger partial charge on any atom is -0.457 e. The fraction of sp³-hybridized carbons (Fsp3) is 0.0909. The number of halogens is 4. The SMILES string of the molecule is OC(c1cc(F)c(Br)cc1F)c1ccoc1Br. The van der Waals surface area contributed by atoms with Gasteiger partial charge in [0, 0.05) is 11.1 Å². The molecule has 0 aliphatic rings. The Bertz CT molecular complexity index is 554. The fourth-order valence-electron chi connectivity index (χ4n) is 1.41. The smallest absolute Gasteiger partial charge is 0.175 e. The van der Waals surface area contributed by atoms with E-state index in [2.05, 4.69) is 31.9 Å². The Hall–Kier alpha value is -0.720. The Balaban J connectivity index is 2.48. The van der Waals surface area contributed by atoms with Crippen molar-refractivity contribution in [1.29, 1.82) is 0 Å². The van der Waals surface area contributed by atoms with Gasteiger partial charge in [0.1, 0.15) is 17.7 Å². The summed E-state index contributed by atoms with van der Waals surface area (Å²) in [7, 11) is 0. The van der Waals surface area contributed by atoms with Gasteiger partial charge in [-0.05, 0) is 50.1 Å². The van der Waals surface area contributed by atoms with E-state index in [9.17, 15) is 13.9 Å². The highest BCUT2D eigenvalue weighted by Gasteiger charge is 2.21. The van der Waals surface area contributed by atoms with E-state index in [0.717, 1.165) is 12.1 Å². The molecule has 1 N–H and O–H groups in total. The maximum Gasteiger partial charge on any atom is 0.175 e. The lowest BCUT2D eigenvalue weighted by Crippen LogP contribution is -2.03. The van der Waals surface area contributed by atoms with Crippen LogP contribution in [0.2, 0.25) is 0 Å². The van der Waals surface area contributed by atoms with Gasteiger partial charge >= 0.3 is 0 Å². The molecule has 0 saturated carbocycles. The second-order valence-electron chi connectivity index (χ2n) is 3.34. The van der Waals surface area contributed by atoms with E-state index in [1.165, 1.54) is 12.3 Å². The maximum absolute atomic E-state index is 13.6. The van der Waals surface area contributed by atoms with Crippen LogP contribution >= 0.6 is 31.9 Å². The molecule has 0 bridgehead atoms. The highest BCUT2D eigenvalue weighted by atomic mass is 79.9. The van der Waals surface area contributed by atoms with E-state index < -0.39 is 17.7 Å². The van der Waals surface area contributed by atoms with Gasteiger partial charge in [-0.15, -0.1) is 0 Å². The van der Waals surface area contributed by atoms with Gasteiger partial charge in [0.15, 0.2) is 4.67 Å². The van der Waals surface area contributed by atoms with Crippen molar-refractivity contribution in [2.24, 2.45) is 0 Å². The zero-order chi connectivity index (χ0) is 12.6. The highest BCUT2D eigenvalue weighted by molar-refractivity contribution is 9.10. The number of aliphatic hydroxyl groups is 1. The van der Waals surface area contributed by atoms with Gasteiger partial charge in [0.05, 0.1) is 10.7 Å². The zero-order valence-corrected chi connectivity index (χ0v) is 11.4. The summed E-state index contributed by atoms with van der Waals surface area (Å²) >= 11 is 5.94. The summed E-state index contributed by atoms with van der Waals surface area (Å²) in [5.41, 5.74) is 0.193. The summed E-state index contributed by atoms with van der Waals surface area (Å²) in [5, 5.41) is 9.95. The third kappa shape index (κ3) is 2.43. The minimum atomic E-state index is -1.29. The van der Waals surface area contributed by atoms with Gasteiger partial charge in [-0.3, -0.25) is 0 Å². The standard InChI is InChI=1S/C11H6Br2F2O2/c12-7-4-8(14)6(3-9(7)15)10(16)5-1-2-17-11(5)13/h1-4,10,16H. The molecule has 1 aromatic carbocycles. The topological polar surface area (TPSA) is 33.4 Å². The predicted molar refractivity (Wildman–Crippen MR) is 64.5 cm³/mol. The molecule has 1 heterocycles. The fourth-order valence-corrected chi connectivity index (χ4v) is 2.19. The summed E-state index contributed by atoms with van der Waals surface area (Å²) < 4.78 is 32.1. The molecule has 90 valence electrons. The van der Waals surface area contributed by atoms with Crippen LogP contribution < -0.4 is 0 Å². The summed E-state index contributed by atoms with van der Waals surface area (Å²) in [6.45, 7) is 0. The van der Waals surface area contributed by atoms with Crippen LogP contribution in [0.1, 0.15) is 17.2 Å². The minimum absolute atomic E-state index is 0.0113. The van der Waals surface area contributed by atoms with E-state index in [0.29, 0.717) is 5.56 Å². The van der Waals surface area contributed by atoms with E-state index in [1.54, 1.807) is 0 Å². The van der Waals surface area contributed by atoms with Crippen LogP contribution in [0.3, 0.4) is 0 Å². The van der Waals surface area contributed by atoms with Crippen molar-refractivity contribution < 1.29 is 18.3 Å². The number of furan rings is 1. The van der Waals surface area contributed by atoms with Crippen LogP contribution in [0.4, 0.5) is 8.78 Å². The average Bonchev–Trinajstić information content (AvgIpc) is 2.69. The first-order valence-electron chi connectivity index (χ1n) is 4.56. The quantitative estimate of drug-likeness (QED) is 0.808. The molecule has 0 aliphatic heterocycles. The molecule has 2 aromatic rings. The van der Waals surface area contributed by atoms with Crippen molar-refractivity contribution in [3.63, 3.8) is 0 Å². The van der Waals surface area contributed by atoms with Gasteiger partial charge in [-0.1, -0.05) is 0 Å². The Kier molecular flexibility index (Phi) is 3.65. The lowest BCUT2D eigenvalue weighted by molar-refractivity contribution is 0.212. The summed E-state index contributed by atoms with van der Waals surface area (Å²) in [6.07, 6.45) is 0.0566. The molecule has 1 aromatic heterocycles. The normalized spacial score (nSPS) is 12.8. The molecular weight excluding hydrogens is 362 g/mol. The van der Waals surface area contributed by atoms with Crippen molar-refractivity contribution in [2.75, 3.05) is 0 Å². The first-order chi connectivity index (χ1) is 8.00. The molecule has 1 atom stereocenters. The third-order valence-corrected chi connectivity index (χ3v) is 3.53. The molecule has 0 fully saturated rings. The van der Waals surface area contributed by atoms with Crippen LogP contribution in [0, 0.1) is 11.6 Å². The molecule has 0 aliphatic carbocycles. The Morgan fingerprint density at radius 3 is 2.41 bits per heavy atom. The molecule has 17 heavy (non-hydrogen) atoms. The van der Waals surface area contributed by atoms with Gasteiger partial charge in [-0.25, -0.2) is 8.78 Å². The lowest BCUT2D eigenvalue weighted by atomic mass is 10.0. The average molecular weight is 368 g/mol. The number of hydrogen-bond acceptors (Lipinski definition) is 2. The van der Waals surface area contributed by atoms with E-state index in [4.69, 9.17) is 4.42 Å². The van der Waals surface area contributed by atoms with Crippen LogP contribution in [-0.4, -0.2) is 5.11 Å². The largest absolute Gasteiger partial charge is 0.457 e. The van der Waals surface area contributed by atoms with Crippen molar-refractivity contribution in [1.82, 2.24) is 0 Å². The van der Waals surface area contributed by atoms with Crippen LogP contribution in [0.25, 0.3) is 0 Å². The number of aliphatic hydroxyl groups excluding tert-OH is 1. The van der Waals surface area contributed by atoms with E-state index in [1.807, 2.05) is 0 Å². The van der Waals surface area contributed by atoms with E-state index >= 15 is 0 Å². The number of hydrogen-bond donors (Lipinski definition) is 1. The summed E-state index contributed by atoms with van der Waals surface area (Å²) in [4.78, 5) is 0. The van der Waals surface area contributed by atoms with E-state index in [-0.39, 0.29) is 14.7 Å². The molecule has 0 spiro atoms. The first-order valence-corrected chi connectivity index (χ1v) is 6.14. The second kappa shape index (κ2) is 4.88. The monoisotopic (exact) mass is 366 g/mol. The molecule has 0 amide bonds.